The Morgan fingerprint density at radius 1 is 1.20 bits per heavy atom. The molecule has 0 aromatic heterocycles. The average Bonchev–Trinajstić information content (AvgIpc) is 2.76. The topological polar surface area (TPSA) is 81.7 Å². The van der Waals surface area contributed by atoms with Crippen LogP contribution >= 0.6 is 0 Å². The van der Waals surface area contributed by atoms with Crippen LogP contribution in [0.1, 0.15) is 23.2 Å². The van der Waals surface area contributed by atoms with Crippen molar-refractivity contribution in [1.29, 1.82) is 0 Å². The molecule has 2 amide bonds. The van der Waals surface area contributed by atoms with Gasteiger partial charge in [-0.15, -0.1) is 0 Å². The fourth-order valence-corrected chi connectivity index (χ4v) is 2.89. The van der Waals surface area contributed by atoms with E-state index in [-0.39, 0.29) is 17.1 Å². The number of carbonyl (C=O) groups excluding carboxylic acids is 1. The van der Waals surface area contributed by atoms with E-state index < -0.39 is 5.97 Å². The van der Waals surface area contributed by atoms with Crippen molar-refractivity contribution in [2.75, 3.05) is 24.5 Å². The van der Waals surface area contributed by atoms with Gasteiger partial charge in [-0.25, -0.2) is 9.59 Å². The van der Waals surface area contributed by atoms with Crippen LogP contribution < -0.4 is 15.5 Å². The van der Waals surface area contributed by atoms with Gasteiger partial charge in [-0.1, -0.05) is 0 Å². The van der Waals surface area contributed by atoms with E-state index in [1.807, 2.05) is 0 Å². The van der Waals surface area contributed by atoms with E-state index in [9.17, 15) is 9.59 Å². The van der Waals surface area contributed by atoms with Crippen molar-refractivity contribution < 1.29 is 14.7 Å². The van der Waals surface area contributed by atoms with Crippen LogP contribution in [0.25, 0.3) is 0 Å². The lowest BCUT2D eigenvalue weighted by Gasteiger charge is -2.32. The molecule has 106 valence electrons. The van der Waals surface area contributed by atoms with Gasteiger partial charge < -0.3 is 15.7 Å². The molecule has 20 heavy (non-hydrogen) atoms. The maximum atomic E-state index is 12.1. The van der Waals surface area contributed by atoms with E-state index in [0.29, 0.717) is 6.54 Å². The Hall–Kier alpha value is -2.08. The molecule has 2 aliphatic heterocycles. The summed E-state index contributed by atoms with van der Waals surface area (Å²) in [7, 11) is 0. The van der Waals surface area contributed by atoms with Gasteiger partial charge in [0.1, 0.15) is 0 Å². The Morgan fingerprint density at radius 2 is 1.85 bits per heavy atom. The Morgan fingerprint density at radius 3 is 2.45 bits per heavy atom. The van der Waals surface area contributed by atoms with Gasteiger partial charge in [0.15, 0.2) is 0 Å². The predicted octanol–water partition coefficient (Wildman–Crippen LogP) is 1.04. The Balaban J connectivity index is 1.80. The van der Waals surface area contributed by atoms with Gasteiger partial charge in [0.05, 0.1) is 17.6 Å². The number of urea groups is 1. The number of carboxylic acid groups (broad SMARTS) is 1. The van der Waals surface area contributed by atoms with E-state index in [1.165, 1.54) is 12.1 Å². The molecule has 0 unspecified atom stereocenters. The summed E-state index contributed by atoms with van der Waals surface area (Å²) in [5, 5.41) is 15.3. The number of rotatable bonds is 2. The first-order valence-electron chi connectivity index (χ1n) is 6.73. The van der Waals surface area contributed by atoms with Crippen LogP contribution in [0.3, 0.4) is 0 Å². The summed E-state index contributed by atoms with van der Waals surface area (Å²) in [4.78, 5) is 24.7. The molecule has 6 heteroatoms. The summed E-state index contributed by atoms with van der Waals surface area (Å²) >= 11 is 0. The number of anilines is 1. The molecule has 3 rings (SSSR count). The van der Waals surface area contributed by atoms with Crippen molar-refractivity contribution >= 4 is 17.7 Å². The summed E-state index contributed by atoms with van der Waals surface area (Å²) in [5.41, 5.74) is 0.821. The molecule has 0 atom stereocenters. The normalized spacial score (nSPS) is 21.0. The number of piperidine rings is 1. The third-order valence-electron chi connectivity index (χ3n) is 4.06. The molecular formula is C14H17N3O3. The summed E-state index contributed by atoms with van der Waals surface area (Å²) in [6, 6.07) is 6.32. The largest absolute Gasteiger partial charge is 0.478 e. The number of hydrogen-bond acceptors (Lipinski definition) is 3. The molecule has 0 bridgehead atoms. The van der Waals surface area contributed by atoms with Gasteiger partial charge in [0, 0.05) is 5.69 Å². The van der Waals surface area contributed by atoms with E-state index in [1.54, 1.807) is 17.0 Å². The molecule has 1 spiro atoms. The van der Waals surface area contributed by atoms with E-state index in [2.05, 4.69) is 10.6 Å². The van der Waals surface area contributed by atoms with Crippen molar-refractivity contribution in [2.24, 2.45) is 0 Å². The first kappa shape index (κ1) is 12.9. The second kappa shape index (κ2) is 4.79. The zero-order valence-electron chi connectivity index (χ0n) is 11.1. The molecule has 2 saturated heterocycles. The Bertz CT molecular complexity index is 535. The molecule has 1 aromatic carbocycles. The fraction of sp³-hybridized carbons (Fsp3) is 0.429. The van der Waals surface area contributed by atoms with Crippen molar-refractivity contribution in [3.05, 3.63) is 29.8 Å². The lowest BCUT2D eigenvalue weighted by molar-refractivity contribution is 0.0697. The first-order valence-corrected chi connectivity index (χ1v) is 6.73. The third kappa shape index (κ3) is 2.22. The van der Waals surface area contributed by atoms with Gasteiger partial charge in [-0.05, 0) is 50.2 Å². The number of benzene rings is 1. The minimum absolute atomic E-state index is 0.102. The fourth-order valence-electron chi connectivity index (χ4n) is 2.89. The van der Waals surface area contributed by atoms with Gasteiger partial charge in [-0.3, -0.25) is 4.90 Å². The molecule has 0 aliphatic carbocycles. The molecule has 0 radical (unpaired) electrons. The van der Waals surface area contributed by atoms with Crippen molar-refractivity contribution in [3.63, 3.8) is 0 Å². The first-order chi connectivity index (χ1) is 9.60. The molecule has 2 heterocycles. The minimum atomic E-state index is -0.961. The standard InChI is InChI=1S/C14H17N3O3/c18-12(19)10-1-3-11(4-2-10)17-9-14(16-13(17)20)5-7-15-8-6-14/h1-4,15H,5-9H2,(H,16,20)(H,18,19). The molecule has 2 fully saturated rings. The number of aromatic carboxylic acids is 1. The molecule has 3 N–H and O–H groups in total. The van der Waals surface area contributed by atoms with Crippen LogP contribution in [-0.4, -0.2) is 42.3 Å². The highest BCUT2D eigenvalue weighted by molar-refractivity contribution is 5.96. The molecule has 2 aliphatic rings. The van der Waals surface area contributed by atoms with Crippen LogP contribution in [0.4, 0.5) is 10.5 Å². The summed E-state index contributed by atoms with van der Waals surface area (Å²) in [6.45, 7) is 2.46. The zero-order chi connectivity index (χ0) is 14.2. The molecule has 1 aromatic rings. The predicted molar refractivity (Wildman–Crippen MR) is 74.1 cm³/mol. The summed E-state index contributed by atoms with van der Waals surface area (Å²) in [5.74, 6) is -0.961. The minimum Gasteiger partial charge on any atom is -0.478 e. The van der Waals surface area contributed by atoms with Crippen LogP contribution in [0.15, 0.2) is 24.3 Å². The third-order valence-corrected chi connectivity index (χ3v) is 4.06. The number of amides is 2. The van der Waals surface area contributed by atoms with Gasteiger partial charge >= 0.3 is 12.0 Å². The maximum Gasteiger partial charge on any atom is 0.335 e. The number of carboxylic acids is 1. The van der Waals surface area contributed by atoms with Gasteiger partial charge in [0.2, 0.25) is 0 Å². The van der Waals surface area contributed by atoms with Crippen LogP contribution in [0.2, 0.25) is 0 Å². The van der Waals surface area contributed by atoms with Crippen molar-refractivity contribution in [1.82, 2.24) is 10.6 Å². The SMILES string of the molecule is O=C(O)c1ccc(N2CC3(CCNCC3)NC2=O)cc1. The van der Waals surface area contributed by atoms with Crippen LogP contribution in [0, 0.1) is 0 Å². The Kier molecular flexibility index (Phi) is 3.10. The van der Waals surface area contributed by atoms with Gasteiger partial charge in [0.25, 0.3) is 0 Å². The van der Waals surface area contributed by atoms with Crippen LogP contribution in [-0.2, 0) is 0 Å². The number of nitrogens with one attached hydrogen (secondary N) is 2. The average molecular weight is 275 g/mol. The highest BCUT2D eigenvalue weighted by Gasteiger charge is 2.43. The van der Waals surface area contributed by atoms with E-state index in [0.717, 1.165) is 31.6 Å². The van der Waals surface area contributed by atoms with Crippen molar-refractivity contribution in [3.8, 4) is 0 Å². The lowest BCUT2D eigenvalue weighted by Crippen LogP contribution is -2.51. The van der Waals surface area contributed by atoms with Crippen molar-refractivity contribution in [2.45, 2.75) is 18.4 Å². The smallest absolute Gasteiger partial charge is 0.335 e. The number of nitrogens with zero attached hydrogens (tertiary/aromatic N) is 1. The van der Waals surface area contributed by atoms with E-state index in [4.69, 9.17) is 5.11 Å². The number of hydrogen-bond donors (Lipinski definition) is 3. The summed E-state index contributed by atoms with van der Waals surface area (Å²) in [6.07, 6.45) is 1.84. The Labute approximate surface area is 116 Å². The quantitative estimate of drug-likeness (QED) is 0.753. The molecular weight excluding hydrogens is 258 g/mol. The second-order valence-corrected chi connectivity index (χ2v) is 5.40. The molecule has 0 saturated carbocycles. The van der Waals surface area contributed by atoms with Gasteiger partial charge in [-0.2, -0.15) is 0 Å². The monoisotopic (exact) mass is 275 g/mol. The lowest BCUT2D eigenvalue weighted by atomic mass is 9.89. The number of carbonyl (C=O) groups is 2. The highest BCUT2D eigenvalue weighted by Crippen LogP contribution is 2.29. The zero-order valence-corrected chi connectivity index (χ0v) is 11.1. The van der Waals surface area contributed by atoms with E-state index >= 15 is 0 Å². The summed E-state index contributed by atoms with van der Waals surface area (Å²) < 4.78 is 0. The molecule has 6 nitrogen and oxygen atoms in total. The maximum absolute atomic E-state index is 12.1. The second-order valence-electron chi connectivity index (χ2n) is 5.40. The highest BCUT2D eigenvalue weighted by atomic mass is 16.4. The van der Waals surface area contributed by atoms with Crippen LogP contribution in [0.5, 0.6) is 0 Å².